The Balaban J connectivity index is 1.15. The summed E-state index contributed by atoms with van der Waals surface area (Å²) in [6.07, 6.45) is 7.61. The standard InChI is InChI=1S/C26H28N4O3/c31-23(28-22-11-5-9-17-6-3-4-10-21(17)22)16-27-25(32)19-14-12-18(13-15-19)24-29-26(33-30-24)20-7-1-2-8-20/h3-4,6,10,12-15,20,22H,1-2,5,7-9,11,16H2,(H,27,32)(H,28,31). The molecule has 7 heteroatoms. The van der Waals surface area contributed by atoms with Crippen molar-refractivity contribution in [3.05, 3.63) is 71.1 Å². The number of hydrogen-bond acceptors (Lipinski definition) is 5. The van der Waals surface area contributed by atoms with Crippen molar-refractivity contribution in [2.24, 2.45) is 0 Å². The minimum absolute atomic E-state index is 0.00252. The van der Waals surface area contributed by atoms with Crippen molar-refractivity contribution in [2.75, 3.05) is 6.54 Å². The summed E-state index contributed by atoms with van der Waals surface area (Å²) >= 11 is 0. The van der Waals surface area contributed by atoms with Gasteiger partial charge in [0.2, 0.25) is 17.6 Å². The zero-order chi connectivity index (χ0) is 22.6. The van der Waals surface area contributed by atoms with Crippen LogP contribution >= 0.6 is 0 Å². The van der Waals surface area contributed by atoms with Crippen LogP contribution in [0.3, 0.4) is 0 Å². The first-order valence-electron chi connectivity index (χ1n) is 11.8. The first-order chi connectivity index (χ1) is 16.2. The lowest BCUT2D eigenvalue weighted by atomic mass is 9.88. The molecule has 7 nitrogen and oxygen atoms in total. The Morgan fingerprint density at radius 3 is 2.58 bits per heavy atom. The Labute approximate surface area is 193 Å². The van der Waals surface area contributed by atoms with Crippen LogP contribution in [0.2, 0.25) is 0 Å². The average molecular weight is 445 g/mol. The van der Waals surface area contributed by atoms with Gasteiger partial charge in [-0.3, -0.25) is 9.59 Å². The van der Waals surface area contributed by atoms with Crippen LogP contribution in [0.25, 0.3) is 11.4 Å². The molecule has 0 saturated heterocycles. The van der Waals surface area contributed by atoms with Crippen LogP contribution in [0.15, 0.2) is 53.1 Å². The molecule has 33 heavy (non-hydrogen) atoms. The van der Waals surface area contributed by atoms with Crippen molar-refractivity contribution in [3.8, 4) is 11.4 Å². The number of amides is 2. The summed E-state index contributed by atoms with van der Waals surface area (Å²) in [7, 11) is 0. The monoisotopic (exact) mass is 444 g/mol. The van der Waals surface area contributed by atoms with E-state index in [0.717, 1.165) is 37.7 Å². The molecule has 2 aliphatic rings. The molecule has 1 heterocycles. The van der Waals surface area contributed by atoms with E-state index < -0.39 is 0 Å². The smallest absolute Gasteiger partial charge is 0.251 e. The van der Waals surface area contributed by atoms with E-state index in [0.29, 0.717) is 23.2 Å². The lowest BCUT2D eigenvalue weighted by molar-refractivity contribution is -0.121. The van der Waals surface area contributed by atoms with Gasteiger partial charge in [0.1, 0.15) is 0 Å². The van der Waals surface area contributed by atoms with Gasteiger partial charge in [0.05, 0.1) is 12.6 Å². The van der Waals surface area contributed by atoms with E-state index in [9.17, 15) is 9.59 Å². The third-order valence-corrected chi connectivity index (χ3v) is 6.67. The molecule has 1 saturated carbocycles. The van der Waals surface area contributed by atoms with Crippen LogP contribution in [0.5, 0.6) is 0 Å². The van der Waals surface area contributed by atoms with Gasteiger partial charge in [-0.2, -0.15) is 4.98 Å². The van der Waals surface area contributed by atoms with Gasteiger partial charge in [0, 0.05) is 17.0 Å². The second-order valence-corrected chi connectivity index (χ2v) is 8.91. The van der Waals surface area contributed by atoms with Gasteiger partial charge in [0.25, 0.3) is 5.91 Å². The van der Waals surface area contributed by atoms with Crippen molar-refractivity contribution >= 4 is 11.8 Å². The van der Waals surface area contributed by atoms with Crippen LogP contribution in [0.1, 0.15) is 77.9 Å². The first-order valence-corrected chi connectivity index (χ1v) is 11.8. The summed E-state index contributed by atoms with van der Waals surface area (Å²) < 4.78 is 5.45. The van der Waals surface area contributed by atoms with E-state index in [1.165, 1.54) is 24.0 Å². The van der Waals surface area contributed by atoms with Gasteiger partial charge in [0.15, 0.2) is 0 Å². The van der Waals surface area contributed by atoms with E-state index in [4.69, 9.17) is 4.52 Å². The molecule has 0 bridgehead atoms. The number of nitrogens with one attached hydrogen (secondary N) is 2. The number of aromatic nitrogens is 2. The van der Waals surface area contributed by atoms with Crippen molar-refractivity contribution in [3.63, 3.8) is 0 Å². The Morgan fingerprint density at radius 2 is 1.76 bits per heavy atom. The van der Waals surface area contributed by atoms with Gasteiger partial charge in [-0.25, -0.2) is 0 Å². The van der Waals surface area contributed by atoms with Crippen LogP contribution in [0, 0.1) is 0 Å². The average Bonchev–Trinajstić information content (AvgIpc) is 3.55. The molecule has 0 spiro atoms. The third-order valence-electron chi connectivity index (χ3n) is 6.67. The van der Waals surface area contributed by atoms with Gasteiger partial charge in [-0.1, -0.05) is 54.4 Å². The number of carbonyl (C=O) groups excluding carboxylic acids is 2. The van der Waals surface area contributed by atoms with Crippen LogP contribution in [-0.4, -0.2) is 28.5 Å². The fourth-order valence-electron chi connectivity index (χ4n) is 4.87. The Morgan fingerprint density at radius 1 is 0.970 bits per heavy atom. The first kappa shape index (κ1) is 21.4. The Bertz CT molecular complexity index is 1130. The van der Waals surface area contributed by atoms with E-state index in [-0.39, 0.29) is 24.4 Å². The number of nitrogens with zero attached hydrogens (tertiary/aromatic N) is 2. The number of aryl methyl sites for hydroxylation is 1. The zero-order valence-corrected chi connectivity index (χ0v) is 18.5. The van der Waals surface area contributed by atoms with E-state index >= 15 is 0 Å². The molecule has 1 fully saturated rings. The molecule has 2 aromatic carbocycles. The summed E-state index contributed by atoms with van der Waals surface area (Å²) in [4.78, 5) is 29.5. The van der Waals surface area contributed by atoms with Gasteiger partial charge >= 0.3 is 0 Å². The topological polar surface area (TPSA) is 97.1 Å². The highest BCUT2D eigenvalue weighted by Crippen LogP contribution is 2.34. The maximum atomic E-state index is 12.5. The minimum atomic E-state index is -0.291. The molecular formula is C26H28N4O3. The molecule has 2 N–H and O–H groups in total. The number of carbonyl (C=O) groups is 2. The predicted octanol–water partition coefficient (Wildman–Crippen LogP) is 4.32. The van der Waals surface area contributed by atoms with E-state index in [1.807, 2.05) is 12.1 Å². The van der Waals surface area contributed by atoms with Crippen LogP contribution < -0.4 is 10.6 Å². The molecule has 1 atom stereocenters. The molecule has 1 unspecified atom stereocenters. The largest absolute Gasteiger partial charge is 0.348 e. The molecule has 1 aromatic heterocycles. The molecule has 2 amide bonds. The molecular weight excluding hydrogens is 416 g/mol. The fraction of sp³-hybridized carbons (Fsp3) is 0.385. The second kappa shape index (κ2) is 9.57. The van der Waals surface area contributed by atoms with Crippen molar-refractivity contribution in [1.29, 1.82) is 0 Å². The fourth-order valence-corrected chi connectivity index (χ4v) is 4.87. The zero-order valence-electron chi connectivity index (χ0n) is 18.5. The number of fused-ring (bicyclic) bond motifs is 1. The summed E-state index contributed by atoms with van der Waals surface area (Å²) in [5, 5.41) is 9.87. The van der Waals surface area contributed by atoms with Gasteiger partial charge in [-0.15, -0.1) is 0 Å². The quantitative estimate of drug-likeness (QED) is 0.590. The number of benzene rings is 2. The van der Waals surface area contributed by atoms with Crippen molar-refractivity contribution < 1.29 is 14.1 Å². The van der Waals surface area contributed by atoms with Crippen LogP contribution in [-0.2, 0) is 11.2 Å². The molecule has 0 aliphatic heterocycles. The summed E-state index contributed by atoms with van der Waals surface area (Å²) in [5.41, 5.74) is 3.74. The maximum Gasteiger partial charge on any atom is 0.251 e. The minimum Gasteiger partial charge on any atom is -0.348 e. The summed E-state index contributed by atoms with van der Waals surface area (Å²) in [5.74, 6) is 1.13. The molecule has 3 aromatic rings. The Hall–Kier alpha value is -3.48. The SMILES string of the molecule is O=C(CNC(=O)c1ccc(-c2noc(C3CCCC3)n2)cc1)NC1CCCc2ccccc21. The number of hydrogen-bond donors (Lipinski definition) is 2. The van der Waals surface area contributed by atoms with Crippen molar-refractivity contribution in [1.82, 2.24) is 20.8 Å². The normalized spacial score (nSPS) is 18.0. The molecule has 170 valence electrons. The van der Waals surface area contributed by atoms with Gasteiger partial charge < -0.3 is 15.2 Å². The molecule has 5 rings (SSSR count). The van der Waals surface area contributed by atoms with E-state index in [1.54, 1.807) is 24.3 Å². The highest BCUT2D eigenvalue weighted by Gasteiger charge is 2.24. The number of rotatable bonds is 6. The summed E-state index contributed by atoms with van der Waals surface area (Å²) in [6.45, 7) is -0.0607. The Kier molecular flexibility index (Phi) is 6.19. The predicted molar refractivity (Wildman–Crippen MR) is 124 cm³/mol. The molecule has 2 aliphatic carbocycles. The van der Waals surface area contributed by atoms with Gasteiger partial charge in [-0.05, 0) is 55.4 Å². The molecule has 0 radical (unpaired) electrons. The third kappa shape index (κ3) is 4.82. The second-order valence-electron chi connectivity index (χ2n) is 8.91. The highest BCUT2D eigenvalue weighted by atomic mass is 16.5. The highest BCUT2D eigenvalue weighted by molar-refractivity contribution is 5.96. The lowest BCUT2D eigenvalue weighted by Crippen LogP contribution is -2.39. The van der Waals surface area contributed by atoms with E-state index in [2.05, 4.69) is 32.9 Å². The summed E-state index contributed by atoms with van der Waals surface area (Å²) in [6, 6.07) is 15.2. The maximum absolute atomic E-state index is 12.5. The van der Waals surface area contributed by atoms with Crippen LogP contribution in [0.4, 0.5) is 0 Å². The van der Waals surface area contributed by atoms with Crippen molar-refractivity contribution in [2.45, 2.75) is 56.9 Å². The lowest BCUT2D eigenvalue weighted by Gasteiger charge is -2.26.